The van der Waals surface area contributed by atoms with E-state index in [1.54, 1.807) is 0 Å². The molecule has 1 atom stereocenters. The van der Waals surface area contributed by atoms with Gasteiger partial charge in [0, 0.05) is 0 Å². The molecule has 0 rings (SSSR count). The first kappa shape index (κ1) is 16.0. The highest BCUT2D eigenvalue weighted by atomic mass is 16.3. The molecule has 0 aromatic rings. The van der Waals surface area contributed by atoms with Crippen molar-refractivity contribution in [2.45, 2.75) is 91.1 Å². The minimum absolute atomic E-state index is 0.0318. The van der Waals surface area contributed by atoms with Gasteiger partial charge in [-0.2, -0.15) is 0 Å². The zero-order valence-corrected chi connectivity index (χ0v) is 11.7. The summed E-state index contributed by atoms with van der Waals surface area (Å²) in [5.41, 5.74) is 0. The van der Waals surface area contributed by atoms with Crippen molar-refractivity contribution in [3.05, 3.63) is 0 Å². The van der Waals surface area contributed by atoms with E-state index in [2.05, 4.69) is 20.8 Å². The maximum atomic E-state index is 9.66. The van der Waals surface area contributed by atoms with Crippen LogP contribution in [0.1, 0.15) is 85.0 Å². The van der Waals surface area contributed by atoms with Gasteiger partial charge in [0.05, 0.1) is 6.10 Å². The quantitative estimate of drug-likeness (QED) is 0.497. The van der Waals surface area contributed by atoms with Crippen LogP contribution in [0.4, 0.5) is 0 Å². The zero-order valence-electron chi connectivity index (χ0n) is 11.7. The molecule has 0 aliphatic carbocycles. The van der Waals surface area contributed by atoms with Crippen molar-refractivity contribution in [3.8, 4) is 0 Å². The lowest BCUT2D eigenvalue weighted by molar-refractivity contribution is 0.148. The van der Waals surface area contributed by atoms with Crippen molar-refractivity contribution < 1.29 is 5.11 Å². The summed E-state index contributed by atoms with van der Waals surface area (Å²) in [6, 6.07) is 0. The van der Waals surface area contributed by atoms with Gasteiger partial charge >= 0.3 is 0 Å². The summed E-state index contributed by atoms with van der Waals surface area (Å²) in [5, 5.41) is 9.66. The van der Waals surface area contributed by atoms with Gasteiger partial charge in [-0.15, -0.1) is 0 Å². The predicted molar refractivity (Wildman–Crippen MR) is 72.7 cm³/mol. The number of unbranched alkanes of at least 4 members (excludes halogenated alkanes) is 5. The van der Waals surface area contributed by atoms with Gasteiger partial charge in [0.2, 0.25) is 0 Å². The van der Waals surface area contributed by atoms with Gasteiger partial charge in [0.1, 0.15) is 0 Å². The van der Waals surface area contributed by atoms with Crippen LogP contribution in [-0.4, -0.2) is 11.2 Å². The van der Waals surface area contributed by atoms with Crippen molar-refractivity contribution in [2.24, 2.45) is 5.92 Å². The molecular weight excluding hydrogens is 196 g/mol. The molecule has 0 heterocycles. The highest BCUT2D eigenvalue weighted by molar-refractivity contribution is 4.56. The third kappa shape index (κ3) is 12.0. The second kappa shape index (κ2) is 11.4. The lowest BCUT2D eigenvalue weighted by Crippen LogP contribution is -2.05. The molecule has 0 radical (unpaired) electrons. The molecule has 0 aromatic carbocycles. The molecule has 0 aliphatic rings. The molecule has 0 amide bonds. The number of hydrogen-bond donors (Lipinski definition) is 1. The predicted octanol–water partition coefficient (Wildman–Crippen LogP) is 4.92. The molecule has 1 nitrogen and oxygen atoms in total. The monoisotopic (exact) mass is 228 g/mol. The van der Waals surface area contributed by atoms with Crippen LogP contribution in [0.2, 0.25) is 0 Å². The van der Waals surface area contributed by atoms with E-state index in [1.165, 1.54) is 51.4 Å². The highest BCUT2D eigenvalue weighted by Crippen LogP contribution is 2.13. The maximum Gasteiger partial charge on any atom is 0.0540 e. The first-order valence-electron chi connectivity index (χ1n) is 7.34. The van der Waals surface area contributed by atoms with Gasteiger partial charge < -0.3 is 5.11 Å². The van der Waals surface area contributed by atoms with E-state index in [0.29, 0.717) is 0 Å². The Balaban J connectivity index is 3.08. The van der Waals surface area contributed by atoms with Crippen LogP contribution < -0.4 is 0 Å². The fraction of sp³-hybridized carbons (Fsp3) is 1.00. The summed E-state index contributed by atoms with van der Waals surface area (Å²) in [6.45, 7) is 6.77. The molecule has 0 aromatic heterocycles. The van der Waals surface area contributed by atoms with Gasteiger partial charge in [0.25, 0.3) is 0 Å². The molecular formula is C15H32O. The van der Waals surface area contributed by atoms with Crippen LogP contribution in [-0.2, 0) is 0 Å². The molecule has 98 valence electrons. The van der Waals surface area contributed by atoms with Crippen molar-refractivity contribution in [2.75, 3.05) is 0 Å². The summed E-state index contributed by atoms with van der Waals surface area (Å²) in [5.74, 6) is 0.857. The van der Waals surface area contributed by atoms with Gasteiger partial charge in [-0.25, -0.2) is 0 Å². The van der Waals surface area contributed by atoms with Crippen LogP contribution in [0, 0.1) is 5.92 Å². The standard InChI is InChI=1S/C15H32O/c1-4-5-12-15(16)13-10-8-6-7-9-11-14(2)3/h14-16H,4-13H2,1-3H3. The molecule has 1 unspecified atom stereocenters. The van der Waals surface area contributed by atoms with Crippen molar-refractivity contribution >= 4 is 0 Å². The molecule has 0 aliphatic heterocycles. The molecule has 16 heavy (non-hydrogen) atoms. The second-order valence-corrected chi connectivity index (χ2v) is 5.54. The zero-order chi connectivity index (χ0) is 12.2. The maximum absolute atomic E-state index is 9.66. The van der Waals surface area contributed by atoms with Crippen molar-refractivity contribution in [1.29, 1.82) is 0 Å². The van der Waals surface area contributed by atoms with Crippen LogP contribution in [0.5, 0.6) is 0 Å². The lowest BCUT2D eigenvalue weighted by Gasteiger charge is -2.09. The fourth-order valence-corrected chi connectivity index (χ4v) is 2.05. The minimum Gasteiger partial charge on any atom is -0.393 e. The van der Waals surface area contributed by atoms with Crippen molar-refractivity contribution in [1.82, 2.24) is 0 Å². The Labute approximate surface area is 103 Å². The smallest absolute Gasteiger partial charge is 0.0540 e. The van der Waals surface area contributed by atoms with E-state index in [-0.39, 0.29) is 6.10 Å². The second-order valence-electron chi connectivity index (χ2n) is 5.54. The summed E-state index contributed by atoms with van der Waals surface area (Å²) >= 11 is 0. The van der Waals surface area contributed by atoms with Crippen LogP contribution >= 0.6 is 0 Å². The third-order valence-corrected chi connectivity index (χ3v) is 3.21. The molecule has 1 N–H and O–H groups in total. The Morgan fingerprint density at radius 1 is 0.750 bits per heavy atom. The number of aliphatic hydroxyl groups excluding tert-OH is 1. The van der Waals surface area contributed by atoms with Crippen molar-refractivity contribution in [3.63, 3.8) is 0 Å². The molecule has 0 fully saturated rings. The minimum atomic E-state index is -0.0318. The van der Waals surface area contributed by atoms with E-state index in [4.69, 9.17) is 0 Å². The Kier molecular flexibility index (Phi) is 11.4. The summed E-state index contributed by atoms with van der Waals surface area (Å²) in [6.07, 6.45) is 12.4. The number of hydrogen-bond acceptors (Lipinski definition) is 1. The Hall–Kier alpha value is -0.0400. The lowest BCUT2D eigenvalue weighted by atomic mass is 10.0. The Morgan fingerprint density at radius 3 is 1.81 bits per heavy atom. The third-order valence-electron chi connectivity index (χ3n) is 3.21. The average molecular weight is 228 g/mol. The normalized spacial score (nSPS) is 13.3. The fourth-order valence-electron chi connectivity index (χ4n) is 2.05. The molecule has 0 bridgehead atoms. The van der Waals surface area contributed by atoms with Gasteiger partial charge in [-0.05, 0) is 18.8 Å². The molecule has 0 spiro atoms. The summed E-state index contributed by atoms with van der Waals surface area (Å²) in [4.78, 5) is 0. The first-order chi connectivity index (χ1) is 7.66. The average Bonchev–Trinajstić information content (AvgIpc) is 2.24. The first-order valence-corrected chi connectivity index (χ1v) is 7.34. The largest absolute Gasteiger partial charge is 0.393 e. The van der Waals surface area contributed by atoms with Gasteiger partial charge in [0.15, 0.2) is 0 Å². The number of rotatable bonds is 11. The summed E-state index contributed by atoms with van der Waals surface area (Å²) < 4.78 is 0. The van der Waals surface area contributed by atoms with E-state index in [1.807, 2.05) is 0 Å². The topological polar surface area (TPSA) is 20.2 Å². The van der Waals surface area contributed by atoms with Gasteiger partial charge in [-0.3, -0.25) is 0 Å². The van der Waals surface area contributed by atoms with E-state index in [0.717, 1.165) is 18.8 Å². The van der Waals surface area contributed by atoms with Gasteiger partial charge in [-0.1, -0.05) is 72.1 Å². The van der Waals surface area contributed by atoms with Crippen LogP contribution in [0.3, 0.4) is 0 Å². The van der Waals surface area contributed by atoms with E-state index >= 15 is 0 Å². The highest BCUT2D eigenvalue weighted by Gasteiger charge is 2.02. The summed E-state index contributed by atoms with van der Waals surface area (Å²) in [7, 11) is 0. The van der Waals surface area contributed by atoms with E-state index in [9.17, 15) is 5.11 Å². The Bertz CT molecular complexity index is 131. The molecule has 0 saturated carbocycles. The van der Waals surface area contributed by atoms with E-state index < -0.39 is 0 Å². The molecule has 1 heteroatoms. The van der Waals surface area contributed by atoms with Crippen LogP contribution in [0.25, 0.3) is 0 Å². The van der Waals surface area contributed by atoms with Crippen LogP contribution in [0.15, 0.2) is 0 Å². The Morgan fingerprint density at radius 2 is 1.25 bits per heavy atom. The SMILES string of the molecule is CCCCC(O)CCCCCCCC(C)C. The molecule has 0 saturated heterocycles. The number of aliphatic hydroxyl groups is 1.